The van der Waals surface area contributed by atoms with Crippen LogP contribution in [-0.4, -0.2) is 30.6 Å². The quantitative estimate of drug-likeness (QED) is 0.600. The molecule has 7 nitrogen and oxygen atoms in total. The number of hydrogen-bond acceptors (Lipinski definition) is 4. The van der Waals surface area contributed by atoms with Crippen molar-refractivity contribution in [2.75, 3.05) is 10.6 Å². The van der Waals surface area contributed by atoms with E-state index in [9.17, 15) is 22.4 Å². The van der Waals surface area contributed by atoms with Gasteiger partial charge in [0.25, 0.3) is 0 Å². The first-order chi connectivity index (χ1) is 15.8. The third-order valence-electron chi connectivity index (χ3n) is 5.38. The van der Waals surface area contributed by atoms with Crippen molar-refractivity contribution in [3.8, 4) is 0 Å². The summed E-state index contributed by atoms with van der Waals surface area (Å²) in [7, 11) is -4.31. The Labute approximate surface area is 191 Å². The second-order valence-corrected chi connectivity index (χ2v) is 9.58. The molecule has 0 saturated heterocycles. The van der Waals surface area contributed by atoms with Crippen molar-refractivity contribution in [2.24, 2.45) is 0 Å². The van der Waals surface area contributed by atoms with Crippen LogP contribution < -0.4 is 10.6 Å². The molecule has 0 aliphatic carbocycles. The Bertz CT molecular complexity index is 1330. The summed E-state index contributed by atoms with van der Waals surface area (Å²) in [6, 6.07) is 17.8. The first kappa shape index (κ1) is 22.6. The van der Waals surface area contributed by atoms with Crippen LogP contribution in [0.4, 0.5) is 15.8 Å². The Kier molecular flexibility index (Phi) is 6.26. The number of carbonyl (C=O) groups excluding carboxylic acids is 2. The van der Waals surface area contributed by atoms with Gasteiger partial charge in [-0.3, -0.25) is 9.59 Å². The van der Waals surface area contributed by atoms with Gasteiger partial charge in [0.1, 0.15) is 16.8 Å². The SMILES string of the molecule is CC(=O)Nc1cccc(NC(=O)[C@H]2Cc3ccccc3CN2S(=O)(=O)c2ccccc2F)c1. The van der Waals surface area contributed by atoms with E-state index in [0.29, 0.717) is 11.4 Å². The van der Waals surface area contributed by atoms with E-state index >= 15 is 0 Å². The van der Waals surface area contributed by atoms with E-state index in [1.165, 1.54) is 25.1 Å². The van der Waals surface area contributed by atoms with Crippen LogP contribution >= 0.6 is 0 Å². The fourth-order valence-electron chi connectivity index (χ4n) is 3.86. The Morgan fingerprint density at radius 1 is 0.909 bits per heavy atom. The molecule has 33 heavy (non-hydrogen) atoms. The van der Waals surface area contributed by atoms with Gasteiger partial charge in [0.05, 0.1) is 0 Å². The van der Waals surface area contributed by atoms with Crippen molar-refractivity contribution in [2.45, 2.75) is 30.8 Å². The predicted octanol–water partition coefficient (Wildman–Crippen LogP) is 3.54. The molecule has 3 aromatic carbocycles. The van der Waals surface area contributed by atoms with Crippen LogP contribution in [0.1, 0.15) is 18.1 Å². The summed E-state index contributed by atoms with van der Waals surface area (Å²) in [5.41, 5.74) is 2.50. The second kappa shape index (κ2) is 9.13. The highest BCUT2D eigenvalue weighted by molar-refractivity contribution is 7.89. The van der Waals surface area contributed by atoms with Gasteiger partial charge < -0.3 is 10.6 Å². The van der Waals surface area contributed by atoms with Crippen LogP contribution in [0.2, 0.25) is 0 Å². The second-order valence-electron chi connectivity index (χ2n) is 7.72. The molecular formula is C24H22FN3O4S. The molecule has 0 bridgehead atoms. The van der Waals surface area contributed by atoms with Crippen molar-refractivity contribution in [3.05, 3.63) is 89.7 Å². The monoisotopic (exact) mass is 467 g/mol. The first-order valence-electron chi connectivity index (χ1n) is 10.3. The smallest absolute Gasteiger partial charge is 0.247 e. The van der Waals surface area contributed by atoms with Crippen molar-refractivity contribution in [1.82, 2.24) is 4.31 Å². The molecule has 1 atom stereocenters. The van der Waals surface area contributed by atoms with Crippen LogP contribution in [0.5, 0.6) is 0 Å². The molecule has 0 fully saturated rings. The van der Waals surface area contributed by atoms with Crippen LogP contribution in [0, 0.1) is 5.82 Å². The van der Waals surface area contributed by atoms with Gasteiger partial charge in [-0.25, -0.2) is 12.8 Å². The lowest BCUT2D eigenvalue weighted by molar-refractivity contribution is -0.120. The minimum Gasteiger partial charge on any atom is -0.326 e. The summed E-state index contributed by atoms with van der Waals surface area (Å²) < 4.78 is 42.3. The van der Waals surface area contributed by atoms with Crippen LogP contribution in [0.3, 0.4) is 0 Å². The van der Waals surface area contributed by atoms with Gasteiger partial charge in [0.15, 0.2) is 0 Å². The number of nitrogens with one attached hydrogen (secondary N) is 2. The molecule has 2 amide bonds. The Hall–Kier alpha value is -3.56. The van der Waals surface area contributed by atoms with E-state index in [1.807, 2.05) is 12.1 Å². The molecule has 1 aliphatic rings. The molecule has 2 N–H and O–H groups in total. The maximum atomic E-state index is 14.4. The number of carbonyl (C=O) groups is 2. The average Bonchev–Trinajstić information content (AvgIpc) is 2.78. The predicted molar refractivity (Wildman–Crippen MR) is 122 cm³/mol. The minimum absolute atomic E-state index is 0.0587. The molecule has 1 heterocycles. The van der Waals surface area contributed by atoms with Crippen LogP contribution in [0.15, 0.2) is 77.7 Å². The van der Waals surface area contributed by atoms with E-state index < -0.39 is 32.7 Å². The van der Waals surface area contributed by atoms with Crippen LogP contribution in [0.25, 0.3) is 0 Å². The maximum Gasteiger partial charge on any atom is 0.247 e. The van der Waals surface area contributed by atoms with E-state index in [2.05, 4.69) is 10.6 Å². The number of nitrogens with zero attached hydrogens (tertiary/aromatic N) is 1. The van der Waals surface area contributed by atoms with Gasteiger partial charge in [0, 0.05) is 24.8 Å². The number of benzene rings is 3. The lowest BCUT2D eigenvalue weighted by atomic mass is 9.95. The lowest BCUT2D eigenvalue weighted by Crippen LogP contribution is -2.50. The van der Waals surface area contributed by atoms with E-state index in [1.54, 1.807) is 36.4 Å². The standard InChI is InChI=1S/C24H22FN3O4S/c1-16(29)26-19-9-6-10-20(14-19)27-24(30)22-13-17-7-2-3-8-18(17)15-28(22)33(31,32)23-12-5-4-11-21(23)25/h2-12,14,22H,13,15H2,1H3,(H,26,29)(H,27,30)/t22-/m1/s1. The summed E-state index contributed by atoms with van der Waals surface area (Å²) in [5, 5.41) is 5.37. The average molecular weight is 468 g/mol. The van der Waals surface area contributed by atoms with Gasteiger partial charge >= 0.3 is 0 Å². The van der Waals surface area contributed by atoms with Gasteiger partial charge in [0.2, 0.25) is 21.8 Å². The molecule has 1 aliphatic heterocycles. The van der Waals surface area contributed by atoms with Crippen molar-refractivity contribution in [1.29, 1.82) is 0 Å². The molecule has 170 valence electrons. The molecule has 0 aromatic heterocycles. The fraction of sp³-hybridized carbons (Fsp3) is 0.167. The van der Waals surface area contributed by atoms with Crippen molar-refractivity contribution < 1.29 is 22.4 Å². The highest BCUT2D eigenvalue weighted by Crippen LogP contribution is 2.31. The maximum absolute atomic E-state index is 14.4. The number of rotatable bonds is 5. The van der Waals surface area contributed by atoms with E-state index in [-0.39, 0.29) is 18.9 Å². The van der Waals surface area contributed by atoms with Crippen molar-refractivity contribution in [3.63, 3.8) is 0 Å². The molecule has 9 heteroatoms. The molecule has 3 aromatic rings. The number of anilines is 2. The Morgan fingerprint density at radius 2 is 1.55 bits per heavy atom. The van der Waals surface area contributed by atoms with Gasteiger partial charge in [-0.15, -0.1) is 0 Å². The van der Waals surface area contributed by atoms with Gasteiger partial charge in [-0.05, 0) is 47.9 Å². The Morgan fingerprint density at radius 3 is 2.24 bits per heavy atom. The number of halogens is 1. The summed E-state index contributed by atoms with van der Waals surface area (Å²) in [6.45, 7) is 1.31. The van der Waals surface area contributed by atoms with Gasteiger partial charge in [-0.2, -0.15) is 4.31 Å². The van der Waals surface area contributed by atoms with Crippen molar-refractivity contribution >= 4 is 33.2 Å². The fourth-order valence-corrected chi connectivity index (χ4v) is 5.49. The summed E-state index contributed by atoms with van der Waals surface area (Å²) in [4.78, 5) is 24.1. The summed E-state index contributed by atoms with van der Waals surface area (Å²) in [6.07, 6.45) is 0.140. The zero-order chi connectivity index (χ0) is 23.6. The molecule has 0 unspecified atom stereocenters. The highest BCUT2D eigenvalue weighted by atomic mass is 32.2. The number of fused-ring (bicyclic) bond motifs is 1. The summed E-state index contributed by atoms with van der Waals surface area (Å²) >= 11 is 0. The zero-order valence-electron chi connectivity index (χ0n) is 17.8. The normalized spacial score (nSPS) is 16.0. The van der Waals surface area contributed by atoms with E-state index in [4.69, 9.17) is 0 Å². The summed E-state index contributed by atoms with van der Waals surface area (Å²) in [5.74, 6) is -1.69. The minimum atomic E-state index is -4.31. The lowest BCUT2D eigenvalue weighted by Gasteiger charge is -2.35. The topological polar surface area (TPSA) is 95.6 Å². The highest BCUT2D eigenvalue weighted by Gasteiger charge is 2.40. The Balaban J connectivity index is 1.69. The first-order valence-corrected chi connectivity index (χ1v) is 11.7. The van der Waals surface area contributed by atoms with E-state index in [0.717, 1.165) is 21.5 Å². The number of sulfonamides is 1. The third-order valence-corrected chi connectivity index (χ3v) is 7.27. The molecular weight excluding hydrogens is 445 g/mol. The third kappa shape index (κ3) is 4.79. The number of amides is 2. The van der Waals surface area contributed by atoms with Crippen LogP contribution in [-0.2, 0) is 32.6 Å². The largest absolute Gasteiger partial charge is 0.326 e. The molecule has 0 radical (unpaired) electrons. The molecule has 0 spiro atoms. The number of hydrogen-bond donors (Lipinski definition) is 2. The van der Waals surface area contributed by atoms with Gasteiger partial charge in [-0.1, -0.05) is 42.5 Å². The molecule has 0 saturated carbocycles. The zero-order valence-corrected chi connectivity index (χ0v) is 18.6. The molecule has 4 rings (SSSR count).